The molecule has 0 aliphatic carbocycles. The van der Waals surface area contributed by atoms with Crippen molar-refractivity contribution in [2.45, 2.75) is 12.2 Å². The molecule has 0 saturated carbocycles. The molecule has 1 fully saturated rings. The predicted molar refractivity (Wildman–Crippen MR) is 126 cm³/mol. The van der Waals surface area contributed by atoms with Gasteiger partial charge in [0.15, 0.2) is 12.2 Å². The molecule has 34 heavy (non-hydrogen) atoms. The van der Waals surface area contributed by atoms with Crippen molar-refractivity contribution in [3.63, 3.8) is 0 Å². The van der Waals surface area contributed by atoms with Gasteiger partial charge in [-0.05, 0) is 42.5 Å². The summed E-state index contributed by atoms with van der Waals surface area (Å²) < 4.78 is 19.4. The van der Waals surface area contributed by atoms with Gasteiger partial charge in [0.1, 0.15) is 11.7 Å². The molecule has 10 nitrogen and oxygen atoms in total. The third kappa shape index (κ3) is 4.91. The number of carbonyl (C=O) groups excluding carboxylic acids is 2. The van der Waals surface area contributed by atoms with E-state index in [1.165, 1.54) is 23.1 Å². The van der Waals surface area contributed by atoms with Gasteiger partial charge in [-0.2, -0.15) is 0 Å². The zero-order chi connectivity index (χ0) is 23.7. The van der Waals surface area contributed by atoms with Crippen LogP contribution < -0.4 is 21.5 Å². The number of amidine groups is 1. The minimum atomic E-state index is -1.85. The number of anilines is 2. The first-order valence-electron chi connectivity index (χ1n) is 9.93. The Morgan fingerprint density at radius 1 is 1.24 bits per heavy atom. The van der Waals surface area contributed by atoms with Crippen LogP contribution in [0.25, 0.3) is 10.9 Å². The summed E-state index contributed by atoms with van der Waals surface area (Å²) in [6.45, 7) is 0.280. The molecule has 178 valence electrons. The van der Waals surface area contributed by atoms with Gasteiger partial charge in [-0.15, -0.1) is 12.4 Å². The summed E-state index contributed by atoms with van der Waals surface area (Å²) in [5, 5.41) is 20.8. The fourth-order valence-corrected chi connectivity index (χ4v) is 3.56. The Balaban J connectivity index is 0.00000324. The molecule has 0 spiro atoms. The number of nitrogens with one attached hydrogen (secondary N) is 3. The monoisotopic (exact) mass is 489 g/mol. The van der Waals surface area contributed by atoms with Crippen molar-refractivity contribution in [2.75, 3.05) is 23.4 Å². The van der Waals surface area contributed by atoms with Gasteiger partial charge in [0.25, 0.3) is 11.8 Å². The Kier molecular flexibility index (Phi) is 7.30. The van der Waals surface area contributed by atoms with Gasteiger partial charge in [-0.1, -0.05) is 0 Å². The van der Waals surface area contributed by atoms with E-state index in [2.05, 4.69) is 10.3 Å². The normalized spacial score (nSPS) is 16.6. The summed E-state index contributed by atoms with van der Waals surface area (Å²) in [5.74, 6) is -2.86. The highest BCUT2D eigenvalue weighted by Gasteiger charge is 2.39. The van der Waals surface area contributed by atoms with Crippen molar-refractivity contribution in [3.8, 4) is 0 Å². The van der Waals surface area contributed by atoms with E-state index in [1.54, 1.807) is 24.3 Å². The molecule has 0 radical (unpaired) electrons. The number of morpholine rings is 1. The van der Waals surface area contributed by atoms with Crippen molar-refractivity contribution < 1.29 is 23.8 Å². The molecule has 0 bridgehead atoms. The first-order chi connectivity index (χ1) is 15.7. The Hall–Kier alpha value is -3.80. The van der Waals surface area contributed by atoms with Crippen LogP contribution in [-0.2, 0) is 14.3 Å². The molecule has 0 unspecified atom stereocenters. The predicted octanol–water partition coefficient (Wildman–Crippen LogP) is 1.10. The number of hydrogen-bond donors (Lipinski definition) is 5. The standard InChI is InChI=1S/C22H20FN5O5.ClH/c23-15-10-12(2-4-14(15)20(24)25)26-21(31)18(30)19-22(32)28(7-8-33-19)13-3-5-16-11(9-13)1-6-17(29)27-16;/h1-6,9-10,18-19,30H,7-8H2,(H3,24,25)(H,26,31)(H,27,29);1H/t18-,19-;/m1./s1. The number of nitrogen functional groups attached to an aromatic ring is 1. The van der Waals surface area contributed by atoms with E-state index < -0.39 is 35.7 Å². The Labute approximate surface area is 198 Å². The van der Waals surface area contributed by atoms with E-state index in [1.807, 2.05) is 0 Å². The second kappa shape index (κ2) is 10.00. The second-order valence-corrected chi connectivity index (χ2v) is 7.42. The number of benzene rings is 2. The van der Waals surface area contributed by atoms with E-state index in [0.717, 1.165) is 6.07 Å². The molecule has 6 N–H and O–H groups in total. The van der Waals surface area contributed by atoms with Crippen LogP contribution in [0.5, 0.6) is 0 Å². The number of aliphatic hydroxyl groups is 1. The molecule has 4 rings (SSSR count). The quantitative estimate of drug-likeness (QED) is 0.266. The number of aliphatic hydroxyl groups excluding tert-OH is 1. The van der Waals surface area contributed by atoms with Crippen LogP contribution >= 0.6 is 12.4 Å². The van der Waals surface area contributed by atoms with Crippen molar-refractivity contribution >= 4 is 52.3 Å². The van der Waals surface area contributed by atoms with Gasteiger partial charge in [0.2, 0.25) is 5.56 Å². The minimum absolute atomic E-state index is 0. The van der Waals surface area contributed by atoms with Crippen LogP contribution in [0.15, 0.2) is 53.3 Å². The average molecular weight is 490 g/mol. The van der Waals surface area contributed by atoms with Gasteiger partial charge >= 0.3 is 0 Å². The van der Waals surface area contributed by atoms with Gasteiger partial charge in [0, 0.05) is 34.9 Å². The lowest BCUT2D eigenvalue weighted by Gasteiger charge is -2.34. The molecule has 1 aliphatic rings. The molecule has 2 amide bonds. The highest BCUT2D eigenvalue weighted by Crippen LogP contribution is 2.24. The molecule has 2 aromatic carbocycles. The Morgan fingerprint density at radius 2 is 2.00 bits per heavy atom. The number of aromatic nitrogens is 1. The highest BCUT2D eigenvalue weighted by atomic mass is 35.5. The summed E-state index contributed by atoms with van der Waals surface area (Å²) in [4.78, 5) is 41.0. The lowest BCUT2D eigenvalue weighted by atomic mass is 10.1. The van der Waals surface area contributed by atoms with Crippen LogP contribution in [0.4, 0.5) is 15.8 Å². The zero-order valence-corrected chi connectivity index (χ0v) is 18.4. The lowest BCUT2D eigenvalue weighted by Crippen LogP contribution is -2.55. The van der Waals surface area contributed by atoms with E-state index in [4.69, 9.17) is 15.9 Å². The van der Waals surface area contributed by atoms with Crippen LogP contribution in [0.1, 0.15) is 5.56 Å². The molecular weight excluding hydrogens is 469 g/mol. The number of amides is 2. The molecule has 1 aliphatic heterocycles. The third-order valence-corrected chi connectivity index (χ3v) is 5.22. The maximum Gasteiger partial charge on any atom is 0.259 e. The zero-order valence-electron chi connectivity index (χ0n) is 17.6. The number of fused-ring (bicyclic) bond motifs is 1. The van der Waals surface area contributed by atoms with Crippen molar-refractivity contribution in [1.29, 1.82) is 5.41 Å². The number of carbonyl (C=O) groups is 2. The van der Waals surface area contributed by atoms with E-state index in [0.29, 0.717) is 16.6 Å². The van der Waals surface area contributed by atoms with Crippen molar-refractivity contribution in [1.82, 2.24) is 4.98 Å². The maximum atomic E-state index is 14.0. The maximum absolute atomic E-state index is 14.0. The van der Waals surface area contributed by atoms with Gasteiger partial charge in [-0.25, -0.2) is 4.39 Å². The summed E-state index contributed by atoms with van der Waals surface area (Å²) in [6.07, 6.45) is -3.32. The number of halogens is 2. The number of nitrogens with two attached hydrogens (primary N) is 1. The number of aromatic amines is 1. The largest absolute Gasteiger partial charge is 0.384 e. The average Bonchev–Trinajstić information content (AvgIpc) is 2.78. The van der Waals surface area contributed by atoms with Gasteiger partial charge < -0.3 is 30.8 Å². The van der Waals surface area contributed by atoms with Crippen molar-refractivity contribution in [3.05, 3.63) is 70.3 Å². The fraction of sp³-hybridized carbons (Fsp3) is 0.182. The number of rotatable bonds is 5. The van der Waals surface area contributed by atoms with Gasteiger partial charge in [0.05, 0.1) is 12.2 Å². The fourth-order valence-electron chi connectivity index (χ4n) is 3.56. The minimum Gasteiger partial charge on any atom is -0.384 e. The van der Waals surface area contributed by atoms with Crippen LogP contribution in [0.3, 0.4) is 0 Å². The number of hydrogen-bond acceptors (Lipinski definition) is 6. The Morgan fingerprint density at radius 3 is 2.71 bits per heavy atom. The van der Waals surface area contributed by atoms with Crippen molar-refractivity contribution in [2.24, 2.45) is 5.73 Å². The molecule has 1 saturated heterocycles. The molecule has 2 atom stereocenters. The van der Waals surface area contributed by atoms with E-state index in [-0.39, 0.29) is 42.4 Å². The highest BCUT2D eigenvalue weighted by molar-refractivity contribution is 6.04. The molecular formula is C22H21ClFN5O5. The van der Waals surface area contributed by atoms with Crippen LogP contribution in [0.2, 0.25) is 0 Å². The first kappa shape index (κ1) is 24.8. The lowest BCUT2D eigenvalue weighted by molar-refractivity contribution is -0.150. The number of ether oxygens (including phenoxy) is 1. The summed E-state index contributed by atoms with van der Waals surface area (Å²) in [5.41, 5.74) is 6.03. The topological polar surface area (TPSA) is 162 Å². The molecule has 2 heterocycles. The summed E-state index contributed by atoms with van der Waals surface area (Å²) in [7, 11) is 0. The smallest absolute Gasteiger partial charge is 0.259 e. The third-order valence-electron chi connectivity index (χ3n) is 5.22. The Bertz CT molecular complexity index is 1330. The van der Waals surface area contributed by atoms with Crippen LogP contribution in [-0.4, -0.2) is 53.1 Å². The second-order valence-electron chi connectivity index (χ2n) is 7.42. The van der Waals surface area contributed by atoms with Crippen LogP contribution in [0, 0.1) is 11.2 Å². The first-order valence-corrected chi connectivity index (χ1v) is 9.93. The summed E-state index contributed by atoms with van der Waals surface area (Å²) in [6, 6.07) is 11.5. The SMILES string of the molecule is Cl.N=C(N)c1ccc(NC(=O)[C@H](O)[C@H]2OCCN(c3ccc4[nH]c(=O)ccc4c3)C2=O)cc1F. The van der Waals surface area contributed by atoms with E-state index >= 15 is 0 Å². The van der Waals surface area contributed by atoms with Gasteiger partial charge in [-0.3, -0.25) is 19.8 Å². The molecule has 1 aromatic heterocycles. The molecule has 3 aromatic rings. The number of pyridine rings is 1. The number of H-pyrrole nitrogens is 1. The van der Waals surface area contributed by atoms with E-state index in [9.17, 15) is 23.9 Å². The number of nitrogens with zero attached hydrogens (tertiary/aromatic N) is 1. The molecule has 12 heteroatoms. The summed E-state index contributed by atoms with van der Waals surface area (Å²) >= 11 is 0.